The summed E-state index contributed by atoms with van der Waals surface area (Å²) in [7, 11) is 2.16. The lowest BCUT2D eigenvalue weighted by Crippen LogP contribution is -2.48. The van der Waals surface area contributed by atoms with Gasteiger partial charge in [-0.1, -0.05) is 20.8 Å². The summed E-state index contributed by atoms with van der Waals surface area (Å²) in [5.41, 5.74) is 0.686. The van der Waals surface area contributed by atoms with E-state index in [2.05, 4.69) is 37.6 Å². The summed E-state index contributed by atoms with van der Waals surface area (Å²) in [6, 6.07) is 0. The van der Waals surface area contributed by atoms with Crippen molar-refractivity contribution in [3.8, 4) is 0 Å². The fourth-order valence-corrected chi connectivity index (χ4v) is 4.99. The largest absolute Gasteiger partial charge is 0.389 e. The minimum atomic E-state index is -0.353. The molecule has 1 aliphatic heterocycles. The molecule has 0 aromatic heterocycles. The van der Waals surface area contributed by atoms with Crippen LogP contribution in [-0.2, 0) is 4.74 Å². The van der Waals surface area contributed by atoms with Crippen LogP contribution in [0.5, 0.6) is 0 Å². The lowest BCUT2D eigenvalue weighted by atomic mass is 9.70. The van der Waals surface area contributed by atoms with Crippen molar-refractivity contribution in [2.75, 3.05) is 46.4 Å². The third-order valence-electron chi connectivity index (χ3n) is 7.27. The van der Waals surface area contributed by atoms with E-state index in [4.69, 9.17) is 4.74 Å². The van der Waals surface area contributed by atoms with Gasteiger partial charge in [0, 0.05) is 32.7 Å². The van der Waals surface area contributed by atoms with Crippen LogP contribution in [0.2, 0.25) is 0 Å². The number of piperazine rings is 1. The second kappa shape index (κ2) is 6.04. The standard InChI is InChI=1S/C18H34N2O2/c1-17(2)14-5-6-18(17,3)16(11-14)22-13-15(21)12-20-9-7-19(4)8-10-20/h14-16,21H,5-13H2,1-4H3/t14-,15-,16-,18-/m1/s1. The molecule has 3 fully saturated rings. The highest BCUT2D eigenvalue weighted by atomic mass is 16.5. The van der Waals surface area contributed by atoms with Gasteiger partial charge in [0.2, 0.25) is 0 Å². The Labute approximate surface area is 135 Å². The SMILES string of the molecule is CN1CCN(C[C@@H](O)CO[C@@H]2C[C@H]3CC[C@@]2(C)C3(C)C)CC1. The van der Waals surface area contributed by atoms with Gasteiger partial charge in [0.25, 0.3) is 0 Å². The Morgan fingerprint density at radius 2 is 1.86 bits per heavy atom. The number of nitrogens with zero attached hydrogens (tertiary/aromatic N) is 2. The van der Waals surface area contributed by atoms with Crippen LogP contribution in [-0.4, -0.2) is 73.5 Å². The number of β-amino-alcohol motifs (C(OH)–C–C–N with tert-alkyl or cyclic N) is 1. The van der Waals surface area contributed by atoms with Crippen molar-refractivity contribution in [2.45, 2.75) is 52.2 Å². The topological polar surface area (TPSA) is 35.9 Å². The molecule has 3 aliphatic rings. The summed E-state index contributed by atoms with van der Waals surface area (Å²) < 4.78 is 6.21. The molecule has 2 aliphatic carbocycles. The predicted octanol–water partition coefficient (Wildman–Crippen LogP) is 1.83. The Morgan fingerprint density at radius 1 is 1.18 bits per heavy atom. The average Bonchev–Trinajstić information content (AvgIpc) is 2.80. The molecule has 128 valence electrons. The molecule has 2 saturated carbocycles. The minimum absolute atomic E-state index is 0.297. The number of aliphatic hydroxyl groups is 1. The van der Waals surface area contributed by atoms with Crippen LogP contribution in [0.1, 0.15) is 40.0 Å². The van der Waals surface area contributed by atoms with Crippen molar-refractivity contribution in [3.05, 3.63) is 0 Å². The molecule has 1 N–H and O–H groups in total. The molecule has 1 saturated heterocycles. The molecule has 0 unspecified atom stereocenters. The first-order chi connectivity index (χ1) is 10.3. The van der Waals surface area contributed by atoms with Gasteiger partial charge in [-0.3, -0.25) is 4.90 Å². The van der Waals surface area contributed by atoms with E-state index in [1.807, 2.05) is 0 Å². The normalized spacial score (nSPS) is 40.2. The Hall–Kier alpha value is -0.160. The van der Waals surface area contributed by atoms with Gasteiger partial charge in [0.05, 0.1) is 18.8 Å². The molecule has 2 bridgehead atoms. The zero-order chi connectivity index (χ0) is 16.0. The maximum Gasteiger partial charge on any atom is 0.0900 e. The van der Waals surface area contributed by atoms with E-state index in [0.29, 0.717) is 23.5 Å². The molecule has 0 amide bonds. The lowest BCUT2D eigenvalue weighted by molar-refractivity contribution is -0.0804. The van der Waals surface area contributed by atoms with Gasteiger partial charge in [-0.25, -0.2) is 0 Å². The Balaban J connectivity index is 1.45. The van der Waals surface area contributed by atoms with E-state index in [9.17, 15) is 5.11 Å². The van der Waals surface area contributed by atoms with Crippen molar-refractivity contribution in [1.82, 2.24) is 9.80 Å². The summed E-state index contributed by atoms with van der Waals surface area (Å²) in [5.74, 6) is 0.803. The number of aliphatic hydroxyl groups excluding tert-OH is 1. The van der Waals surface area contributed by atoms with Crippen LogP contribution >= 0.6 is 0 Å². The molecule has 3 rings (SSSR count). The number of fused-ring (bicyclic) bond motifs is 2. The minimum Gasteiger partial charge on any atom is -0.389 e. The van der Waals surface area contributed by atoms with E-state index in [0.717, 1.165) is 38.6 Å². The van der Waals surface area contributed by atoms with Crippen molar-refractivity contribution >= 4 is 0 Å². The summed E-state index contributed by atoms with van der Waals surface area (Å²) >= 11 is 0. The molecule has 4 atom stereocenters. The van der Waals surface area contributed by atoms with Gasteiger partial charge in [0.15, 0.2) is 0 Å². The number of hydrogen-bond acceptors (Lipinski definition) is 4. The van der Waals surface area contributed by atoms with Gasteiger partial charge in [0.1, 0.15) is 0 Å². The van der Waals surface area contributed by atoms with Crippen molar-refractivity contribution < 1.29 is 9.84 Å². The summed E-state index contributed by atoms with van der Waals surface area (Å²) in [6.45, 7) is 12.8. The molecule has 0 spiro atoms. The monoisotopic (exact) mass is 310 g/mol. The molecular formula is C18H34N2O2. The first-order valence-corrected chi connectivity index (χ1v) is 9.03. The fourth-order valence-electron chi connectivity index (χ4n) is 4.99. The van der Waals surface area contributed by atoms with Gasteiger partial charge in [-0.05, 0) is 43.1 Å². The maximum absolute atomic E-state index is 10.3. The summed E-state index contributed by atoms with van der Waals surface area (Å²) in [4.78, 5) is 4.71. The van der Waals surface area contributed by atoms with Crippen molar-refractivity contribution in [3.63, 3.8) is 0 Å². The second-order valence-corrected chi connectivity index (χ2v) is 8.69. The first kappa shape index (κ1) is 16.7. The Bertz CT molecular complexity index is 393. The highest BCUT2D eigenvalue weighted by molar-refractivity contribution is 5.11. The molecule has 4 heteroatoms. The number of ether oxygens (including phenoxy) is 1. The van der Waals surface area contributed by atoms with Crippen LogP contribution in [0.3, 0.4) is 0 Å². The van der Waals surface area contributed by atoms with Gasteiger partial charge in [-0.2, -0.15) is 0 Å². The molecular weight excluding hydrogens is 276 g/mol. The third-order valence-corrected chi connectivity index (χ3v) is 7.27. The maximum atomic E-state index is 10.3. The van der Waals surface area contributed by atoms with Crippen LogP contribution < -0.4 is 0 Å². The lowest BCUT2D eigenvalue weighted by Gasteiger charge is -2.39. The van der Waals surface area contributed by atoms with E-state index >= 15 is 0 Å². The predicted molar refractivity (Wildman–Crippen MR) is 88.9 cm³/mol. The summed E-state index contributed by atoms with van der Waals surface area (Å²) in [6.07, 6.45) is 3.81. The smallest absolute Gasteiger partial charge is 0.0900 e. The highest BCUT2D eigenvalue weighted by Gasteiger charge is 2.61. The van der Waals surface area contributed by atoms with E-state index in [1.54, 1.807) is 0 Å². The van der Waals surface area contributed by atoms with Crippen LogP contribution in [0, 0.1) is 16.7 Å². The third kappa shape index (κ3) is 2.83. The van der Waals surface area contributed by atoms with Gasteiger partial charge < -0.3 is 14.7 Å². The highest BCUT2D eigenvalue weighted by Crippen LogP contribution is 2.66. The number of rotatable bonds is 5. The fraction of sp³-hybridized carbons (Fsp3) is 1.00. The zero-order valence-corrected chi connectivity index (χ0v) is 14.8. The van der Waals surface area contributed by atoms with Crippen LogP contribution in [0.25, 0.3) is 0 Å². The summed E-state index contributed by atoms with van der Waals surface area (Å²) in [5, 5.41) is 10.3. The average molecular weight is 310 g/mol. The molecule has 0 aromatic rings. The van der Waals surface area contributed by atoms with Crippen molar-refractivity contribution in [1.29, 1.82) is 0 Å². The zero-order valence-electron chi connectivity index (χ0n) is 14.8. The quantitative estimate of drug-likeness (QED) is 0.840. The Kier molecular flexibility index (Phi) is 4.59. The Morgan fingerprint density at radius 3 is 2.41 bits per heavy atom. The van der Waals surface area contributed by atoms with Gasteiger partial charge in [-0.15, -0.1) is 0 Å². The van der Waals surface area contributed by atoms with Crippen molar-refractivity contribution in [2.24, 2.45) is 16.7 Å². The first-order valence-electron chi connectivity index (χ1n) is 9.03. The van der Waals surface area contributed by atoms with E-state index in [1.165, 1.54) is 19.3 Å². The van der Waals surface area contributed by atoms with Crippen LogP contribution in [0.4, 0.5) is 0 Å². The van der Waals surface area contributed by atoms with E-state index in [-0.39, 0.29) is 6.10 Å². The molecule has 4 nitrogen and oxygen atoms in total. The molecule has 0 aromatic carbocycles. The van der Waals surface area contributed by atoms with E-state index < -0.39 is 0 Å². The second-order valence-electron chi connectivity index (χ2n) is 8.69. The van der Waals surface area contributed by atoms with Gasteiger partial charge >= 0.3 is 0 Å². The molecule has 22 heavy (non-hydrogen) atoms. The number of hydrogen-bond donors (Lipinski definition) is 1. The number of likely N-dealkylation sites (N-methyl/N-ethyl adjacent to an activating group) is 1. The van der Waals surface area contributed by atoms with Crippen LogP contribution in [0.15, 0.2) is 0 Å². The molecule has 1 heterocycles. The molecule has 0 radical (unpaired) electrons.